The number of anilines is 1. The number of nitrogens with zero attached hydrogens (tertiary/aromatic N) is 3. The highest BCUT2D eigenvalue weighted by atomic mass is 127. The number of carbonyl (C=O) groups is 1. The van der Waals surface area contributed by atoms with E-state index in [4.69, 9.17) is 0 Å². The van der Waals surface area contributed by atoms with E-state index in [-0.39, 0.29) is 29.9 Å². The highest BCUT2D eigenvalue weighted by molar-refractivity contribution is 14.0. The van der Waals surface area contributed by atoms with E-state index in [1.54, 1.807) is 26.0 Å². The number of amides is 1. The van der Waals surface area contributed by atoms with Crippen molar-refractivity contribution in [1.29, 1.82) is 0 Å². The van der Waals surface area contributed by atoms with Crippen molar-refractivity contribution in [2.75, 3.05) is 39.1 Å². The average molecular weight is 550 g/mol. The van der Waals surface area contributed by atoms with Crippen molar-refractivity contribution in [3.63, 3.8) is 0 Å². The lowest BCUT2D eigenvalue weighted by molar-refractivity contribution is 0.0827. The Bertz CT molecular complexity index is 872. The number of carbonyl (C=O) groups excluding carboxylic acids is 1. The average Bonchev–Trinajstić information content (AvgIpc) is 2.80. The summed E-state index contributed by atoms with van der Waals surface area (Å²) in [6, 6.07) is 16.5. The second-order valence-corrected chi connectivity index (χ2v) is 8.51. The van der Waals surface area contributed by atoms with Crippen LogP contribution in [0.15, 0.2) is 53.5 Å². The molecule has 2 aromatic carbocycles. The van der Waals surface area contributed by atoms with Crippen LogP contribution in [0.3, 0.4) is 0 Å². The molecule has 0 aromatic heterocycles. The summed E-state index contributed by atoms with van der Waals surface area (Å²) in [4.78, 5) is 20.4. The van der Waals surface area contributed by atoms with Gasteiger partial charge in [-0.3, -0.25) is 9.79 Å². The van der Waals surface area contributed by atoms with E-state index >= 15 is 0 Å². The summed E-state index contributed by atoms with van der Waals surface area (Å²) in [5.41, 5.74) is 4.33. The van der Waals surface area contributed by atoms with Gasteiger partial charge in [-0.25, -0.2) is 0 Å². The van der Waals surface area contributed by atoms with Gasteiger partial charge in [-0.15, -0.1) is 24.0 Å². The van der Waals surface area contributed by atoms with E-state index in [1.165, 1.54) is 24.1 Å². The fraction of sp³-hybridized carbons (Fsp3) is 0.440. The Morgan fingerprint density at radius 2 is 1.47 bits per heavy atom. The van der Waals surface area contributed by atoms with Crippen LogP contribution in [0, 0.1) is 5.92 Å². The minimum absolute atomic E-state index is 0. The molecule has 1 amide bonds. The van der Waals surface area contributed by atoms with E-state index in [0.29, 0.717) is 18.7 Å². The Morgan fingerprint density at radius 1 is 0.969 bits per heavy atom. The quantitative estimate of drug-likeness (QED) is 0.324. The van der Waals surface area contributed by atoms with Gasteiger partial charge in [0, 0.05) is 58.6 Å². The first-order valence-corrected chi connectivity index (χ1v) is 11.0. The van der Waals surface area contributed by atoms with Crippen LogP contribution in [-0.2, 0) is 13.1 Å². The summed E-state index contributed by atoms with van der Waals surface area (Å²) >= 11 is 0. The summed E-state index contributed by atoms with van der Waals surface area (Å²) in [6.07, 6.45) is 2.56. The molecule has 0 unspecified atom stereocenters. The Morgan fingerprint density at radius 3 is 1.94 bits per heavy atom. The van der Waals surface area contributed by atoms with Crippen molar-refractivity contribution < 1.29 is 4.79 Å². The molecule has 1 saturated heterocycles. The molecule has 3 rings (SSSR count). The number of nitrogens with one attached hydrogen (secondary N) is 2. The molecule has 1 fully saturated rings. The monoisotopic (exact) mass is 549 g/mol. The van der Waals surface area contributed by atoms with Gasteiger partial charge >= 0.3 is 0 Å². The Labute approximate surface area is 209 Å². The van der Waals surface area contributed by atoms with E-state index in [2.05, 4.69) is 51.7 Å². The molecule has 32 heavy (non-hydrogen) atoms. The predicted molar refractivity (Wildman–Crippen MR) is 144 cm³/mol. The highest BCUT2D eigenvalue weighted by Gasteiger charge is 2.15. The smallest absolute Gasteiger partial charge is 0.253 e. The zero-order valence-corrected chi connectivity index (χ0v) is 21.9. The second kappa shape index (κ2) is 12.7. The third-order valence-electron chi connectivity index (χ3n) is 5.84. The first kappa shape index (κ1) is 26.0. The normalized spacial score (nSPS) is 14.5. The first-order valence-electron chi connectivity index (χ1n) is 11.0. The fourth-order valence-electron chi connectivity index (χ4n) is 3.71. The molecule has 1 aliphatic rings. The van der Waals surface area contributed by atoms with Crippen LogP contribution in [0.1, 0.15) is 41.3 Å². The van der Waals surface area contributed by atoms with Crippen molar-refractivity contribution in [2.24, 2.45) is 10.9 Å². The molecule has 1 heterocycles. The molecule has 2 N–H and O–H groups in total. The summed E-state index contributed by atoms with van der Waals surface area (Å²) in [5, 5.41) is 6.70. The zero-order valence-electron chi connectivity index (χ0n) is 19.6. The second-order valence-electron chi connectivity index (χ2n) is 8.51. The lowest BCUT2D eigenvalue weighted by atomic mass is 9.99. The van der Waals surface area contributed by atoms with Crippen LogP contribution in [0.25, 0.3) is 0 Å². The zero-order chi connectivity index (χ0) is 22.2. The summed E-state index contributed by atoms with van der Waals surface area (Å²) < 4.78 is 0. The van der Waals surface area contributed by atoms with E-state index in [1.807, 2.05) is 24.3 Å². The molecule has 1 aliphatic heterocycles. The summed E-state index contributed by atoms with van der Waals surface area (Å²) in [6.45, 7) is 6.00. The maximum atomic E-state index is 12.0. The number of hydrogen-bond donors (Lipinski definition) is 2. The van der Waals surface area contributed by atoms with Crippen molar-refractivity contribution in [1.82, 2.24) is 15.5 Å². The molecule has 2 aromatic rings. The van der Waals surface area contributed by atoms with Gasteiger partial charge in [0.15, 0.2) is 5.96 Å². The molecule has 6 nitrogen and oxygen atoms in total. The van der Waals surface area contributed by atoms with Crippen LogP contribution in [0.2, 0.25) is 0 Å². The number of guanidine groups is 1. The van der Waals surface area contributed by atoms with E-state index < -0.39 is 0 Å². The third kappa shape index (κ3) is 7.39. The van der Waals surface area contributed by atoms with Gasteiger partial charge in [-0.2, -0.15) is 0 Å². The number of rotatable bonds is 6. The number of aliphatic imine (C=N–C) groups is 1. The van der Waals surface area contributed by atoms with Gasteiger partial charge in [-0.05, 0) is 54.2 Å². The molecule has 0 radical (unpaired) electrons. The van der Waals surface area contributed by atoms with Crippen LogP contribution < -0.4 is 15.5 Å². The maximum absolute atomic E-state index is 12.0. The van der Waals surface area contributed by atoms with Crippen molar-refractivity contribution in [3.8, 4) is 0 Å². The van der Waals surface area contributed by atoms with Crippen LogP contribution in [0.4, 0.5) is 5.69 Å². The van der Waals surface area contributed by atoms with Crippen LogP contribution >= 0.6 is 24.0 Å². The van der Waals surface area contributed by atoms with E-state index in [0.717, 1.165) is 30.5 Å². The molecule has 0 bridgehead atoms. The third-order valence-corrected chi connectivity index (χ3v) is 5.84. The molecule has 0 atom stereocenters. The summed E-state index contributed by atoms with van der Waals surface area (Å²) in [7, 11) is 5.29. The molecular formula is C25H36IN5O. The number of benzene rings is 2. The van der Waals surface area contributed by atoms with Gasteiger partial charge < -0.3 is 20.4 Å². The molecule has 7 heteroatoms. The Hall–Kier alpha value is -2.29. The van der Waals surface area contributed by atoms with E-state index in [9.17, 15) is 4.79 Å². The maximum Gasteiger partial charge on any atom is 0.253 e. The standard InChI is InChI=1S/C25H35N5O.HI/c1-19-13-15-30(16-14-19)23-11-7-21(8-12-23)18-28-25(26-2)27-17-20-5-9-22(10-6-20)24(31)29(3)4;/h5-12,19H,13-18H2,1-4H3,(H2,26,27,28);1H. The van der Waals surface area contributed by atoms with Gasteiger partial charge in [0.1, 0.15) is 0 Å². The lowest BCUT2D eigenvalue weighted by Crippen LogP contribution is -2.36. The largest absolute Gasteiger partial charge is 0.372 e. The van der Waals surface area contributed by atoms with Gasteiger partial charge in [-0.1, -0.05) is 31.2 Å². The topological polar surface area (TPSA) is 60.0 Å². The van der Waals surface area contributed by atoms with Crippen LogP contribution in [-0.4, -0.2) is 51.0 Å². The number of piperidine rings is 1. The fourth-order valence-corrected chi connectivity index (χ4v) is 3.71. The van der Waals surface area contributed by atoms with Gasteiger partial charge in [0.25, 0.3) is 5.91 Å². The van der Waals surface area contributed by atoms with Crippen LogP contribution in [0.5, 0.6) is 0 Å². The Balaban J connectivity index is 0.00000363. The van der Waals surface area contributed by atoms with Gasteiger partial charge in [0.05, 0.1) is 0 Å². The molecule has 174 valence electrons. The summed E-state index contributed by atoms with van der Waals surface area (Å²) in [5.74, 6) is 1.61. The first-order chi connectivity index (χ1) is 15.0. The Kier molecular flexibility index (Phi) is 10.3. The number of halogens is 1. The van der Waals surface area contributed by atoms with Crippen molar-refractivity contribution in [2.45, 2.75) is 32.9 Å². The minimum Gasteiger partial charge on any atom is -0.372 e. The highest BCUT2D eigenvalue weighted by Crippen LogP contribution is 2.23. The molecular weight excluding hydrogens is 513 g/mol. The van der Waals surface area contributed by atoms with Gasteiger partial charge in [0.2, 0.25) is 0 Å². The molecule has 0 spiro atoms. The van der Waals surface area contributed by atoms with Crippen molar-refractivity contribution >= 4 is 41.5 Å². The minimum atomic E-state index is 0. The lowest BCUT2D eigenvalue weighted by Gasteiger charge is -2.32. The SMILES string of the molecule is CN=C(NCc1ccc(C(=O)N(C)C)cc1)NCc1ccc(N2CCC(C)CC2)cc1.I. The van der Waals surface area contributed by atoms with Crippen molar-refractivity contribution in [3.05, 3.63) is 65.2 Å². The predicted octanol–water partition coefficient (Wildman–Crippen LogP) is 4.11. The number of hydrogen-bond acceptors (Lipinski definition) is 3. The molecule has 0 aliphatic carbocycles. The molecule has 0 saturated carbocycles.